The molecule has 1 fully saturated rings. The Balaban J connectivity index is 2.04. The molecular weight excluding hydrogens is 288 g/mol. The van der Waals surface area contributed by atoms with Crippen LogP contribution in [0.2, 0.25) is 0 Å². The van der Waals surface area contributed by atoms with Gasteiger partial charge in [0.2, 0.25) is 0 Å². The maximum atomic E-state index is 12.6. The minimum atomic E-state index is -0.790. The third-order valence-electron chi connectivity index (χ3n) is 4.33. The Morgan fingerprint density at radius 2 is 2.24 bits per heavy atom. The summed E-state index contributed by atoms with van der Waals surface area (Å²) in [7, 11) is 0. The zero-order valence-electron chi connectivity index (χ0n) is 12.5. The van der Waals surface area contributed by atoms with Crippen LogP contribution >= 0.6 is 11.3 Å². The molecule has 0 aliphatic carbocycles. The monoisotopic (exact) mass is 310 g/mol. The fraction of sp³-hybridized carbons (Fsp3) is 0.600. The van der Waals surface area contributed by atoms with Crippen molar-refractivity contribution >= 4 is 23.3 Å². The van der Waals surface area contributed by atoms with E-state index in [4.69, 9.17) is 0 Å². The predicted octanol–water partition coefficient (Wildman–Crippen LogP) is 2.88. The second-order valence-corrected chi connectivity index (χ2v) is 6.52. The van der Waals surface area contributed by atoms with Gasteiger partial charge in [0.25, 0.3) is 0 Å². The summed E-state index contributed by atoms with van der Waals surface area (Å²) in [6.45, 7) is 5.89. The minimum Gasteiger partial charge on any atom is -0.481 e. The van der Waals surface area contributed by atoms with Crippen molar-refractivity contribution in [2.24, 2.45) is 5.41 Å². The van der Waals surface area contributed by atoms with E-state index in [1.807, 2.05) is 31.4 Å². The topological polar surface area (TPSA) is 60.9 Å². The molecule has 0 aromatic carbocycles. The molecule has 1 atom stereocenters. The first kappa shape index (κ1) is 15.8. The van der Waals surface area contributed by atoms with Crippen LogP contribution in [0.5, 0.6) is 0 Å². The highest BCUT2D eigenvalue weighted by atomic mass is 32.1. The number of carboxylic acids is 1. The number of carboxylic acid groups (broad SMARTS) is 1. The smallest absolute Gasteiger partial charge is 0.320 e. The number of thiophene rings is 1. The highest BCUT2D eigenvalue weighted by Crippen LogP contribution is 2.34. The van der Waals surface area contributed by atoms with Crippen molar-refractivity contribution in [3.8, 4) is 0 Å². The lowest BCUT2D eigenvalue weighted by Crippen LogP contribution is -2.43. The van der Waals surface area contributed by atoms with Crippen LogP contribution in [0.15, 0.2) is 17.5 Å². The van der Waals surface area contributed by atoms with Crippen LogP contribution in [-0.4, -0.2) is 46.5 Å². The number of rotatable bonds is 5. The molecule has 116 valence electrons. The fourth-order valence-corrected chi connectivity index (χ4v) is 3.47. The van der Waals surface area contributed by atoms with E-state index in [-0.39, 0.29) is 6.03 Å². The molecular formula is C15H22N2O3S. The largest absolute Gasteiger partial charge is 0.481 e. The summed E-state index contributed by atoms with van der Waals surface area (Å²) < 4.78 is 0. The number of carbonyl (C=O) groups excluding carboxylic acids is 1. The van der Waals surface area contributed by atoms with Gasteiger partial charge in [-0.15, -0.1) is 11.3 Å². The zero-order valence-corrected chi connectivity index (χ0v) is 13.4. The van der Waals surface area contributed by atoms with Crippen molar-refractivity contribution < 1.29 is 14.7 Å². The molecule has 0 bridgehead atoms. The van der Waals surface area contributed by atoms with Gasteiger partial charge in [-0.2, -0.15) is 0 Å². The van der Waals surface area contributed by atoms with Gasteiger partial charge in [0, 0.05) is 24.5 Å². The van der Waals surface area contributed by atoms with Crippen LogP contribution in [0.25, 0.3) is 0 Å². The number of amides is 2. The van der Waals surface area contributed by atoms with Gasteiger partial charge in [0.05, 0.1) is 12.0 Å². The Hall–Kier alpha value is -1.56. The molecule has 1 aliphatic rings. The quantitative estimate of drug-likeness (QED) is 0.909. The SMILES string of the molecule is CCN(Cc1cccs1)C(=O)N1CCC(CC)(C(=O)O)C1. The summed E-state index contributed by atoms with van der Waals surface area (Å²) in [4.78, 5) is 28.7. The molecule has 21 heavy (non-hydrogen) atoms. The van der Waals surface area contributed by atoms with Crippen molar-refractivity contribution in [1.82, 2.24) is 9.80 Å². The number of likely N-dealkylation sites (tertiary alicyclic amines) is 1. The summed E-state index contributed by atoms with van der Waals surface area (Å²) in [6.07, 6.45) is 1.10. The Morgan fingerprint density at radius 1 is 1.48 bits per heavy atom. The Bertz CT molecular complexity index is 503. The van der Waals surface area contributed by atoms with Gasteiger partial charge in [-0.1, -0.05) is 13.0 Å². The Kier molecular flexibility index (Phi) is 4.88. The van der Waals surface area contributed by atoms with Crippen molar-refractivity contribution in [2.75, 3.05) is 19.6 Å². The first-order chi connectivity index (χ1) is 10.0. The van der Waals surface area contributed by atoms with Gasteiger partial charge in [-0.05, 0) is 31.2 Å². The van der Waals surface area contributed by atoms with Crippen LogP contribution in [0.1, 0.15) is 31.6 Å². The summed E-state index contributed by atoms with van der Waals surface area (Å²) in [5, 5.41) is 11.4. The zero-order chi connectivity index (χ0) is 15.5. The maximum absolute atomic E-state index is 12.6. The molecule has 6 heteroatoms. The second kappa shape index (κ2) is 6.47. The van der Waals surface area contributed by atoms with Gasteiger partial charge in [-0.3, -0.25) is 4.79 Å². The van der Waals surface area contributed by atoms with Gasteiger partial charge < -0.3 is 14.9 Å². The average Bonchev–Trinajstić information content (AvgIpc) is 3.13. The van der Waals surface area contributed by atoms with E-state index >= 15 is 0 Å². The lowest BCUT2D eigenvalue weighted by Gasteiger charge is -2.28. The predicted molar refractivity (Wildman–Crippen MR) is 82.3 cm³/mol. The van der Waals surface area contributed by atoms with Gasteiger partial charge >= 0.3 is 12.0 Å². The van der Waals surface area contributed by atoms with E-state index in [9.17, 15) is 14.7 Å². The molecule has 1 unspecified atom stereocenters. The molecule has 1 aromatic rings. The Labute approximate surface area is 129 Å². The van der Waals surface area contributed by atoms with Crippen LogP contribution in [0.4, 0.5) is 4.79 Å². The van der Waals surface area contributed by atoms with Crippen LogP contribution in [0.3, 0.4) is 0 Å². The fourth-order valence-electron chi connectivity index (χ4n) is 2.76. The van der Waals surface area contributed by atoms with Crippen molar-refractivity contribution in [3.63, 3.8) is 0 Å². The van der Waals surface area contributed by atoms with E-state index < -0.39 is 11.4 Å². The number of urea groups is 1. The molecule has 1 aromatic heterocycles. The number of carbonyl (C=O) groups is 2. The average molecular weight is 310 g/mol. The molecule has 0 saturated carbocycles. The summed E-state index contributed by atoms with van der Waals surface area (Å²) in [6, 6.07) is 3.93. The van der Waals surface area contributed by atoms with E-state index in [0.29, 0.717) is 39.0 Å². The summed E-state index contributed by atoms with van der Waals surface area (Å²) in [5.74, 6) is -0.790. The van der Waals surface area contributed by atoms with Gasteiger partial charge in [-0.25, -0.2) is 4.79 Å². The van der Waals surface area contributed by atoms with Crippen LogP contribution in [-0.2, 0) is 11.3 Å². The number of hydrogen-bond acceptors (Lipinski definition) is 3. The summed E-state index contributed by atoms with van der Waals surface area (Å²) >= 11 is 1.63. The molecule has 0 radical (unpaired) electrons. The third kappa shape index (κ3) is 3.20. The van der Waals surface area contributed by atoms with Crippen molar-refractivity contribution in [2.45, 2.75) is 33.2 Å². The lowest BCUT2D eigenvalue weighted by molar-refractivity contribution is -0.148. The molecule has 1 N–H and O–H groups in total. The van der Waals surface area contributed by atoms with Crippen molar-refractivity contribution in [1.29, 1.82) is 0 Å². The second-order valence-electron chi connectivity index (χ2n) is 5.49. The first-order valence-electron chi connectivity index (χ1n) is 7.32. The van der Waals surface area contributed by atoms with E-state index in [2.05, 4.69) is 0 Å². The van der Waals surface area contributed by atoms with E-state index in [1.165, 1.54) is 0 Å². The van der Waals surface area contributed by atoms with Crippen LogP contribution < -0.4 is 0 Å². The number of aliphatic carboxylic acids is 1. The summed E-state index contributed by atoms with van der Waals surface area (Å²) in [5.41, 5.74) is -0.766. The molecule has 2 amide bonds. The highest BCUT2D eigenvalue weighted by Gasteiger charge is 2.45. The first-order valence-corrected chi connectivity index (χ1v) is 8.20. The molecule has 2 rings (SSSR count). The Morgan fingerprint density at radius 3 is 2.71 bits per heavy atom. The van der Waals surface area contributed by atoms with Crippen LogP contribution in [0, 0.1) is 5.41 Å². The molecule has 1 aliphatic heterocycles. The molecule has 0 spiro atoms. The normalized spacial score (nSPS) is 21.5. The molecule has 2 heterocycles. The lowest BCUT2D eigenvalue weighted by atomic mass is 9.84. The number of hydrogen-bond donors (Lipinski definition) is 1. The highest BCUT2D eigenvalue weighted by molar-refractivity contribution is 7.09. The minimum absolute atomic E-state index is 0.0533. The standard InChI is InChI=1S/C15H22N2O3S/c1-3-15(13(18)19)7-8-17(11-15)14(20)16(4-2)10-12-6-5-9-21-12/h5-6,9H,3-4,7-8,10-11H2,1-2H3,(H,18,19). The third-order valence-corrected chi connectivity index (χ3v) is 5.19. The molecule has 1 saturated heterocycles. The number of nitrogens with zero attached hydrogens (tertiary/aromatic N) is 2. The van der Waals surface area contributed by atoms with E-state index in [0.717, 1.165) is 4.88 Å². The van der Waals surface area contributed by atoms with E-state index in [1.54, 1.807) is 21.1 Å². The van der Waals surface area contributed by atoms with Crippen molar-refractivity contribution in [3.05, 3.63) is 22.4 Å². The van der Waals surface area contributed by atoms with Gasteiger partial charge in [0.1, 0.15) is 0 Å². The maximum Gasteiger partial charge on any atom is 0.320 e. The van der Waals surface area contributed by atoms with Gasteiger partial charge in [0.15, 0.2) is 0 Å². The molecule has 5 nitrogen and oxygen atoms in total.